The second-order valence-electron chi connectivity index (χ2n) is 8.06. The van der Waals surface area contributed by atoms with Gasteiger partial charge in [-0.1, -0.05) is 58.4 Å². The van der Waals surface area contributed by atoms with Gasteiger partial charge in [0.2, 0.25) is 11.7 Å². The molecule has 6 nitrogen and oxygen atoms in total. The van der Waals surface area contributed by atoms with Crippen LogP contribution in [0.5, 0.6) is 23.0 Å². The van der Waals surface area contributed by atoms with Gasteiger partial charge >= 0.3 is 0 Å². The fraction of sp³-hybridized carbons (Fsp3) is 0.444. The third-order valence-corrected chi connectivity index (χ3v) is 5.11. The first kappa shape index (κ1) is 26.1. The van der Waals surface area contributed by atoms with Gasteiger partial charge in [-0.25, -0.2) is 0 Å². The van der Waals surface area contributed by atoms with E-state index in [-0.39, 0.29) is 17.4 Å². The molecule has 1 amide bonds. The van der Waals surface area contributed by atoms with E-state index in [1.54, 1.807) is 30.3 Å². The second-order valence-corrected chi connectivity index (χ2v) is 8.06. The highest BCUT2D eigenvalue weighted by atomic mass is 16.5. The summed E-state index contributed by atoms with van der Waals surface area (Å²) < 4.78 is 11.7. The zero-order valence-electron chi connectivity index (χ0n) is 19.8. The number of anilines is 1. The van der Waals surface area contributed by atoms with Gasteiger partial charge in [0, 0.05) is 17.8 Å². The highest BCUT2D eigenvalue weighted by Gasteiger charge is 2.12. The van der Waals surface area contributed by atoms with Gasteiger partial charge in [-0.3, -0.25) is 4.79 Å². The van der Waals surface area contributed by atoms with E-state index in [4.69, 9.17) is 9.47 Å². The van der Waals surface area contributed by atoms with Gasteiger partial charge in [-0.05, 0) is 48.7 Å². The maximum absolute atomic E-state index is 12.3. The van der Waals surface area contributed by atoms with Crippen LogP contribution in [-0.4, -0.2) is 29.3 Å². The molecule has 2 aromatic rings. The number of carbonyl (C=O) groups excluding carboxylic acids is 1. The molecule has 0 fully saturated rings. The lowest BCUT2D eigenvalue weighted by Crippen LogP contribution is -2.07. The monoisotopic (exact) mass is 455 g/mol. The Labute approximate surface area is 197 Å². The van der Waals surface area contributed by atoms with Crippen molar-refractivity contribution in [1.29, 1.82) is 0 Å². The maximum atomic E-state index is 12.3. The van der Waals surface area contributed by atoms with Crippen LogP contribution >= 0.6 is 0 Å². The lowest BCUT2D eigenvalue weighted by molar-refractivity contribution is -0.111. The molecule has 0 heterocycles. The number of unbranched alkanes of at least 4 members (excludes halogenated alkanes) is 6. The Morgan fingerprint density at radius 3 is 2.03 bits per heavy atom. The van der Waals surface area contributed by atoms with Crippen LogP contribution in [0.25, 0.3) is 6.08 Å². The Hall–Kier alpha value is -3.15. The lowest BCUT2D eigenvalue weighted by Gasteiger charge is -2.14. The first-order chi connectivity index (χ1) is 16.0. The lowest BCUT2D eigenvalue weighted by atomic mass is 10.1. The van der Waals surface area contributed by atoms with Gasteiger partial charge < -0.3 is 25.0 Å². The maximum Gasteiger partial charge on any atom is 0.248 e. The molecule has 0 bridgehead atoms. The van der Waals surface area contributed by atoms with Crippen molar-refractivity contribution < 1.29 is 24.5 Å². The number of rotatable bonds is 15. The molecule has 180 valence electrons. The molecular formula is C27H37NO5. The summed E-state index contributed by atoms with van der Waals surface area (Å²) >= 11 is 0. The van der Waals surface area contributed by atoms with Crippen LogP contribution in [0.15, 0.2) is 42.5 Å². The summed E-state index contributed by atoms with van der Waals surface area (Å²) in [5, 5.41) is 22.9. The molecule has 0 atom stereocenters. The van der Waals surface area contributed by atoms with Crippen LogP contribution in [0.4, 0.5) is 5.69 Å². The largest absolute Gasteiger partial charge is 0.508 e. The quantitative estimate of drug-likeness (QED) is 0.206. The SMILES string of the molecule is CCCCCCOc1cc(C=CC(=O)Nc2cccc(O)c2)cc(OCCCCCC)c1O. The Kier molecular flexibility index (Phi) is 11.7. The average molecular weight is 456 g/mol. The zero-order chi connectivity index (χ0) is 23.9. The molecule has 0 aliphatic rings. The Morgan fingerprint density at radius 2 is 1.48 bits per heavy atom. The Bertz CT molecular complexity index is 859. The van der Waals surface area contributed by atoms with Crippen molar-refractivity contribution >= 4 is 17.7 Å². The van der Waals surface area contributed by atoms with Crippen molar-refractivity contribution in [3.8, 4) is 23.0 Å². The first-order valence-electron chi connectivity index (χ1n) is 11.9. The molecule has 6 heteroatoms. The van der Waals surface area contributed by atoms with E-state index in [0.29, 0.717) is 36.0 Å². The number of phenols is 2. The summed E-state index contributed by atoms with van der Waals surface area (Å²) in [6, 6.07) is 9.77. The van der Waals surface area contributed by atoms with Crippen molar-refractivity contribution in [3.05, 3.63) is 48.0 Å². The van der Waals surface area contributed by atoms with Gasteiger partial charge in [0.15, 0.2) is 11.5 Å². The molecule has 2 rings (SSSR count). The number of hydrogen-bond acceptors (Lipinski definition) is 5. The van der Waals surface area contributed by atoms with Crippen LogP contribution < -0.4 is 14.8 Å². The molecule has 0 aliphatic heterocycles. The van der Waals surface area contributed by atoms with Crippen molar-refractivity contribution in [2.45, 2.75) is 65.2 Å². The summed E-state index contributed by atoms with van der Waals surface area (Å²) in [7, 11) is 0. The molecule has 0 aromatic heterocycles. The predicted octanol–water partition coefficient (Wildman–Crippen LogP) is 6.67. The number of aromatic hydroxyl groups is 2. The van der Waals surface area contributed by atoms with E-state index < -0.39 is 0 Å². The van der Waals surface area contributed by atoms with Crippen LogP contribution in [0, 0.1) is 0 Å². The predicted molar refractivity (Wildman–Crippen MR) is 133 cm³/mol. The smallest absolute Gasteiger partial charge is 0.248 e. The highest BCUT2D eigenvalue weighted by molar-refractivity contribution is 6.02. The van der Waals surface area contributed by atoms with E-state index in [1.165, 1.54) is 18.2 Å². The Balaban J connectivity index is 2.09. The minimum atomic E-state index is -0.335. The van der Waals surface area contributed by atoms with Gasteiger partial charge in [0.05, 0.1) is 13.2 Å². The van der Waals surface area contributed by atoms with Crippen LogP contribution in [0.3, 0.4) is 0 Å². The molecular weight excluding hydrogens is 418 g/mol. The van der Waals surface area contributed by atoms with Gasteiger partial charge in [0.1, 0.15) is 5.75 Å². The van der Waals surface area contributed by atoms with E-state index in [9.17, 15) is 15.0 Å². The number of nitrogens with one attached hydrogen (secondary N) is 1. The van der Waals surface area contributed by atoms with Gasteiger partial charge in [0.25, 0.3) is 0 Å². The summed E-state index contributed by atoms with van der Waals surface area (Å²) in [5.41, 5.74) is 1.19. The molecule has 0 radical (unpaired) electrons. The molecule has 0 saturated heterocycles. The van der Waals surface area contributed by atoms with Crippen molar-refractivity contribution in [2.24, 2.45) is 0 Å². The minimum Gasteiger partial charge on any atom is -0.508 e. The third kappa shape index (κ3) is 9.89. The second kappa shape index (κ2) is 14.8. The number of phenolic OH excluding ortho intramolecular Hbond substituents is 2. The minimum absolute atomic E-state index is 0.0117. The van der Waals surface area contributed by atoms with Crippen LogP contribution in [0.2, 0.25) is 0 Å². The van der Waals surface area contributed by atoms with Crippen molar-refractivity contribution in [2.75, 3.05) is 18.5 Å². The fourth-order valence-corrected chi connectivity index (χ4v) is 3.28. The van der Waals surface area contributed by atoms with E-state index >= 15 is 0 Å². The molecule has 0 aliphatic carbocycles. The molecule has 0 spiro atoms. The number of ether oxygens (including phenoxy) is 2. The van der Waals surface area contributed by atoms with Crippen molar-refractivity contribution in [3.63, 3.8) is 0 Å². The summed E-state index contributed by atoms with van der Waals surface area (Å²) in [6.07, 6.45) is 11.6. The van der Waals surface area contributed by atoms with Gasteiger partial charge in [-0.15, -0.1) is 0 Å². The average Bonchev–Trinajstić information content (AvgIpc) is 2.79. The van der Waals surface area contributed by atoms with Crippen LogP contribution in [0.1, 0.15) is 70.8 Å². The zero-order valence-corrected chi connectivity index (χ0v) is 19.8. The summed E-state index contributed by atoms with van der Waals surface area (Å²) in [4.78, 5) is 12.3. The number of amides is 1. The molecule has 0 unspecified atom stereocenters. The standard InChI is InChI=1S/C27H37NO5/c1-3-5-7-9-16-32-24-18-21(19-25(27(24)31)33-17-10-8-6-4-2)14-15-26(30)28-22-12-11-13-23(29)20-22/h11-15,18-20,29,31H,3-10,16-17H2,1-2H3,(H,28,30). The summed E-state index contributed by atoms with van der Waals surface area (Å²) in [5.74, 6) is 0.438. The highest BCUT2D eigenvalue weighted by Crippen LogP contribution is 2.38. The number of carbonyl (C=O) groups is 1. The van der Waals surface area contributed by atoms with Crippen molar-refractivity contribution in [1.82, 2.24) is 0 Å². The number of hydrogen-bond donors (Lipinski definition) is 3. The topological polar surface area (TPSA) is 88.0 Å². The molecule has 33 heavy (non-hydrogen) atoms. The fourth-order valence-electron chi connectivity index (χ4n) is 3.28. The third-order valence-electron chi connectivity index (χ3n) is 5.11. The first-order valence-corrected chi connectivity index (χ1v) is 11.9. The molecule has 3 N–H and O–H groups in total. The summed E-state index contributed by atoms with van der Waals surface area (Å²) in [6.45, 7) is 5.33. The van der Waals surface area contributed by atoms with E-state index in [0.717, 1.165) is 51.4 Å². The van der Waals surface area contributed by atoms with Gasteiger partial charge in [-0.2, -0.15) is 0 Å². The van der Waals surface area contributed by atoms with E-state index in [2.05, 4.69) is 19.2 Å². The number of benzene rings is 2. The van der Waals surface area contributed by atoms with E-state index in [1.807, 2.05) is 0 Å². The normalized spacial score (nSPS) is 11.0. The Morgan fingerprint density at radius 1 is 0.879 bits per heavy atom. The molecule has 0 saturated carbocycles. The molecule has 2 aromatic carbocycles. The van der Waals surface area contributed by atoms with Crippen LogP contribution in [-0.2, 0) is 4.79 Å².